The van der Waals surface area contributed by atoms with E-state index in [9.17, 15) is 9.59 Å². The molecular weight excluding hydrogens is 358 g/mol. The molecule has 2 aliphatic heterocycles. The van der Waals surface area contributed by atoms with E-state index in [2.05, 4.69) is 10.3 Å². The van der Waals surface area contributed by atoms with Crippen molar-refractivity contribution in [1.29, 1.82) is 0 Å². The zero-order chi connectivity index (χ0) is 19.5. The van der Waals surface area contributed by atoms with Crippen LogP contribution in [0, 0.1) is 0 Å². The SMILES string of the molecule is CC(=O)Nc1ccc(/C=C/C(=O)N2CC[C@H](c3ccc4c(c3)OCO4)C2)cn1. The fourth-order valence-electron chi connectivity index (χ4n) is 3.43. The van der Waals surface area contributed by atoms with E-state index >= 15 is 0 Å². The van der Waals surface area contributed by atoms with Crippen LogP contribution in [0.4, 0.5) is 5.82 Å². The number of carbonyl (C=O) groups excluding carboxylic acids is 2. The number of benzene rings is 1. The Bertz CT molecular complexity index is 924. The topological polar surface area (TPSA) is 80.8 Å². The minimum absolute atomic E-state index is 0.0193. The lowest BCUT2D eigenvalue weighted by Crippen LogP contribution is -2.26. The number of likely N-dealkylation sites (tertiary alicyclic amines) is 1. The lowest BCUT2D eigenvalue weighted by Gasteiger charge is -2.15. The highest BCUT2D eigenvalue weighted by Crippen LogP contribution is 2.37. The first kappa shape index (κ1) is 18.0. The predicted octanol–water partition coefficient (Wildman–Crippen LogP) is 2.80. The van der Waals surface area contributed by atoms with E-state index in [1.807, 2.05) is 23.1 Å². The average molecular weight is 379 g/mol. The van der Waals surface area contributed by atoms with Gasteiger partial charge in [-0.3, -0.25) is 9.59 Å². The maximum Gasteiger partial charge on any atom is 0.246 e. The van der Waals surface area contributed by atoms with Crippen LogP contribution in [-0.2, 0) is 9.59 Å². The second kappa shape index (κ2) is 7.72. The molecule has 0 bridgehead atoms. The lowest BCUT2D eigenvalue weighted by atomic mass is 9.98. The van der Waals surface area contributed by atoms with Crippen molar-refractivity contribution in [1.82, 2.24) is 9.88 Å². The summed E-state index contributed by atoms with van der Waals surface area (Å²) in [5.74, 6) is 2.15. The fraction of sp³-hybridized carbons (Fsp3) is 0.286. The van der Waals surface area contributed by atoms with E-state index in [1.54, 1.807) is 30.5 Å². The molecule has 1 saturated heterocycles. The Morgan fingerprint density at radius 3 is 2.86 bits per heavy atom. The summed E-state index contributed by atoms with van der Waals surface area (Å²) in [6.07, 6.45) is 5.85. The van der Waals surface area contributed by atoms with Gasteiger partial charge in [0, 0.05) is 38.2 Å². The van der Waals surface area contributed by atoms with E-state index < -0.39 is 0 Å². The van der Waals surface area contributed by atoms with Crippen LogP contribution in [-0.4, -0.2) is 41.6 Å². The third-order valence-corrected chi connectivity index (χ3v) is 4.88. The smallest absolute Gasteiger partial charge is 0.246 e. The van der Waals surface area contributed by atoms with E-state index in [-0.39, 0.29) is 18.6 Å². The average Bonchev–Trinajstić information content (AvgIpc) is 3.35. The molecule has 2 aromatic rings. The molecule has 0 aliphatic carbocycles. The Hall–Kier alpha value is -3.35. The molecule has 0 unspecified atom stereocenters. The molecule has 2 amide bonds. The van der Waals surface area contributed by atoms with Crippen molar-refractivity contribution < 1.29 is 19.1 Å². The number of anilines is 1. The highest BCUT2D eigenvalue weighted by molar-refractivity contribution is 5.92. The van der Waals surface area contributed by atoms with E-state index in [4.69, 9.17) is 9.47 Å². The number of fused-ring (bicyclic) bond motifs is 1. The zero-order valence-corrected chi connectivity index (χ0v) is 15.6. The Morgan fingerprint density at radius 1 is 1.21 bits per heavy atom. The number of amides is 2. The molecular formula is C21H21N3O4. The van der Waals surface area contributed by atoms with Gasteiger partial charge in [-0.1, -0.05) is 6.07 Å². The van der Waals surface area contributed by atoms with Crippen molar-refractivity contribution in [2.24, 2.45) is 0 Å². The molecule has 1 fully saturated rings. The van der Waals surface area contributed by atoms with Crippen LogP contribution in [0.2, 0.25) is 0 Å². The number of hydrogen-bond donors (Lipinski definition) is 1. The molecule has 1 aromatic carbocycles. The standard InChI is InChI=1S/C21H21N3O4/c1-14(25)23-20-6-2-15(11-22-20)3-7-21(26)24-9-8-17(12-24)16-4-5-18-19(10-16)28-13-27-18/h2-7,10-11,17H,8-9,12-13H2,1H3,(H,22,23,25)/b7-3+/t17-/m0/s1. The predicted molar refractivity (Wildman–Crippen MR) is 104 cm³/mol. The summed E-state index contributed by atoms with van der Waals surface area (Å²) in [7, 11) is 0. The second-order valence-corrected chi connectivity index (χ2v) is 6.87. The van der Waals surface area contributed by atoms with Gasteiger partial charge in [-0.2, -0.15) is 0 Å². The summed E-state index contributed by atoms with van der Waals surface area (Å²) in [6.45, 7) is 3.10. The number of nitrogens with zero attached hydrogens (tertiary/aromatic N) is 2. The normalized spacial score (nSPS) is 17.9. The maximum absolute atomic E-state index is 12.5. The van der Waals surface area contributed by atoms with Gasteiger partial charge in [0.1, 0.15) is 5.82 Å². The van der Waals surface area contributed by atoms with Crippen molar-refractivity contribution in [2.75, 3.05) is 25.2 Å². The number of rotatable bonds is 4. The number of carbonyl (C=O) groups is 2. The van der Waals surface area contributed by atoms with Crippen LogP contribution in [0.1, 0.15) is 30.4 Å². The number of pyridine rings is 1. The monoisotopic (exact) mass is 379 g/mol. The number of ether oxygens (including phenoxy) is 2. The fourth-order valence-corrected chi connectivity index (χ4v) is 3.43. The summed E-state index contributed by atoms with van der Waals surface area (Å²) in [5.41, 5.74) is 1.97. The largest absolute Gasteiger partial charge is 0.454 e. The summed E-state index contributed by atoms with van der Waals surface area (Å²) >= 11 is 0. The van der Waals surface area contributed by atoms with E-state index in [0.29, 0.717) is 18.3 Å². The van der Waals surface area contributed by atoms with Crippen molar-refractivity contribution in [3.63, 3.8) is 0 Å². The highest BCUT2D eigenvalue weighted by Gasteiger charge is 2.27. The molecule has 144 valence electrons. The van der Waals surface area contributed by atoms with Gasteiger partial charge in [0.15, 0.2) is 11.5 Å². The molecule has 1 N–H and O–H groups in total. The van der Waals surface area contributed by atoms with Gasteiger partial charge in [-0.05, 0) is 47.9 Å². The first-order chi connectivity index (χ1) is 13.6. The lowest BCUT2D eigenvalue weighted by molar-refractivity contribution is -0.125. The third-order valence-electron chi connectivity index (χ3n) is 4.88. The quantitative estimate of drug-likeness (QED) is 0.827. The van der Waals surface area contributed by atoms with E-state index in [0.717, 1.165) is 30.0 Å². The zero-order valence-electron chi connectivity index (χ0n) is 15.6. The Kier molecular flexibility index (Phi) is 4.97. The van der Waals surface area contributed by atoms with Gasteiger partial charge in [0.25, 0.3) is 0 Å². The van der Waals surface area contributed by atoms with E-state index in [1.165, 1.54) is 12.5 Å². The summed E-state index contributed by atoms with van der Waals surface area (Å²) in [6, 6.07) is 9.50. The Labute approximate surface area is 163 Å². The molecule has 2 aliphatic rings. The first-order valence-corrected chi connectivity index (χ1v) is 9.18. The van der Waals surface area contributed by atoms with Crippen molar-refractivity contribution >= 4 is 23.7 Å². The molecule has 7 nitrogen and oxygen atoms in total. The third kappa shape index (κ3) is 3.98. The molecule has 1 atom stereocenters. The number of aromatic nitrogens is 1. The first-order valence-electron chi connectivity index (χ1n) is 9.18. The van der Waals surface area contributed by atoms with Gasteiger partial charge in [0.2, 0.25) is 18.6 Å². The van der Waals surface area contributed by atoms with Gasteiger partial charge in [-0.25, -0.2) is 4.98 Å². The molecule has 1 aromatic heterocycles. The van der Waals surface area contributed by atoms with Crippen LogP contribution in [0.15, 0.2) is 42.6 Å². The van der Waals surface area contributed by atoms with Gasteiger partial charge in [-0.15, -0.1) is 0 Å². The maximum atomic E-state index is 12.5. The van der Waals surface area contributed by atoms with Crippen LogP contribution in [0.3, 0.4) is 0 Å². The molecule has 7 heteroatoms. The van der Waals surface area contributed by atoms with Gasteiger partial charge < -0.3 is 19.7 Å². The van der Waals surface area contributed by atoms with Gasteiger partial charge >= 0.3 is 0 Å². The molecule has 28 heavy (non-hydrogen) atoms. The molecule has 3 heterocycles. The molecule has 0 radical (unpaired) electrons. The molecule has 0 spiro atoms. The minimum Gasteiger partial charge on any atom is -0.454 e. The van der Waals surface area contributed by atoms with Crippen molar-refractivity contribution in [3.05, 3.63) is 53.7 Å². The van der Waals surface area contributed by atoms with Crippen LogP contribution in [0.5, 0.6) is 11.5 Å². The van der Waals surface area contributed by atoms with Crippen molar-refractivity contribution in [2.45, 2.75) is 19.3 Å². The number of nitrogens with one attached hydrogen (secondary N) is 1. The summed E-state index contributed by atoms with van der Waals surface area (Å²) in [5, 5.41) is 2.61. The second-order valence-electron chi connectivity index (χ2n) is 6.87. The highest BCUT2D eigenvalue weighted by atomic mass is 16.7. The molecule has 0 saturated carbocycles. The summed E-state index contributed by atoms with van der Waals surface area (Å²) in [4.78, 5) is 29.5. The van der Waals surface area contributed by atoms with Crippen molar-refractivity contribution in [3.8, 4) is 11.5 Å². The number of hydrogen-bond acceptors (Lipinski definition) is 5. The minimum atomic E-state index is -0.169. The van der Waals surface area contributed by atoms with Crippen LogP contribution >= 0.6 is 0 Å². The summed E-state index contributed by atoms with van der Waals surface area (Å²) < 4.78 is 10.8. The Morgan fingerprint density at radius 2 is 2.07 bits per heavy atom. The molecule has 4 rings (SSSR count). The van der Waals surface area contributed by atoms with Crippen LogP contribution in [0.25, 0.3) is 6.08 Å². The van der Waals surface area contributed by atoms with Crippen LogP contribution < -0.4 is 14.8 Å². The van der Waals surface area contributed by atoms with Gasteiger partial charge in [0.05, 0.1) is 0 Å². The Balaban J connectivity index is 1.35.